The molecule has 22 heavy (non-hydrogen) atoms. The van der Waals surface area contributed by atoms with E-state index in [1.165, 1.54) is 18.2 Å². The monoisotopic (exact) mass is 332 g/mol. The van der Waals surface area contributed by atoms with Crippen LogP contribution in [-0.2, 0) is 14.8 Å². The molecule has 0 bridgehead atoms. The number of hydrogen-bond acceptors (Lipinski definition) is 7. The zero-order valence-corrected chi connectivity index (χ0v) is 12.9. The van der Waals surface area contributed by atoms with Gasteiger partial charge in [-0.2, -0.15) is 0 Å². The molecule has 9 nitrogen and oxygen atoms in total. The lowest BCUT2D eigenvalue weighted by molar-refractivity contribution is -0.563. The van der Waals surface area contributed by atoms with Crippen molar-refractivity contribution in [2.24, 2.45) is 16.8 Å². The molecule has 2 atom stereocenters. The molecule has 0 amide bonds. The first-order valence-corrected chi connectivity index (χ1v) is 8.45. The smallest absolute Gasteiger partial charge is 0.299 e. The van der Waals surface area contributed by atoms with Crippen molar-refractivity contribution >= 4 is 10.0 Å². The van der Waals surface area contributed by atoms with Crippen molar-refractivity contribution in [3.05, 3.63) is 33.2 Å². The molecule has 1 aliphatic heterocycles. The van der Waals surface area contributed by atoms with Gasteiger partial charge < -0.3 is 4.74 Å². The summed E-state index contributed by atoms with van der Waals surface area (Å²) in [5.41, 5.74) is 3.89. The molecular weight excluding hydrogens is 312 g/mol. The van der Waals surface area contributed by atoms with Crippen LogP contribution in [0, 0.1) is 16.0 Å². The predicted molar refractivity (Wildman–Crippen MR) is 79.6 cm³/mol. The molecule has 2 rings (SSSR count). The highest BCUT2D eigenvalue weighted by molar-refractivity contribution is 7.93. The van der Waals surface area contributed by atoms with Crippen LogP contribution in [0.5, 0.6) is 0 Å². The Morgan fingerprint density at radius 3 is 2.64 bits per heavy atom. The number of nitrogens with zero attached hydrogens (tertiary/aromatic N) is 2. The van der Waals surface area contributed by atoms with Crippen LogP contribution < -0.4 is 10.9 Å². The summed E-state index contributed by atoms with van der Waals surface area (Å²) in [5, 5.41) is 16.5. The lowest BCUT2D eigenvalue weighted by atomic mass is 9.86. The molecule has 10 heteroatoms. The van der Waals surface area contributed by atoms with Gasteiger partial charge in [0.25, 0.3) is 5.66 Å². The van der Waals surface area contributed by atoms with Gasteiger partial charge in [-0.25, -0.2) is 13.6 Å². The van der Waals surface area contributed by atoms with Gasteiger partial charge in [0.1, 0.15) is 0 Å². The van der Waals surface area contributed by atoms with Crippen molar-refractivity contribution in [1.29, 1.82) is 0 Å². The Hall–Kier alpha value is -1.33. The molecule has 1 saturated heterocycles. The van der Waals surface area contributed by atoms with Gasteiger partial charge in [0, 0.05) is 24.1 Å². The van der Waals surface area contributed by atoms with Crippen LogP contribution in [0.25, 0.3) is 0 Å². The molecule has 0 aromatic rings. The first-order valence-electron chi connectivity index (χ1n) is 6.91. The van der Waals surface area contributed by atoms with Crippen LogP contribution in [0.15, 0.2) is 23.1 Å². The summed E-state index contributed by atoms with van der Waals surface area (Å²) in [6.07, 6.45) is 4.00. The minimum absolute atomic E-state index is 0.192. The minimum Gasteiger partial charge on any atom is -0.379 e. The Kier molecular flexibility index (Phi) is 4.97. The van der Waals surface area contributed by atoms with Gasteiger partial charge in [0.05, 0.1) is 24.0 Å². The fraction of sp³-hybridized carbons (Fsp3) is 0.667. The number of allylic oxidation sites excluding steroid dienone is 2. The minimum atomic E-state index is -4.05. The SMILES string of the molecule is NC1([N+](=O)[O-])C=CC=C(S(N)(=O)=O)C1CCN1CCOCC1. The van der Waals surface area contributed by atoms with E-state index >= 15 is 0 Å². The maximum absolute atomic E-state index is 11.7. The Morgan fingerprint density at radius 1 is 1.45 bits per heavy atom. The maximum atomic E-state index is 11.7. The van der Waals surface area contributed by atoms with E-state index < -0.39 is 26.5 Å². The zero-order valence-electron chi connectivity index (χ0n) is 12.1. The van der Waals surface area contributed by atoms with Gasteiger partial charge >= 0.3 is 0 Å². The van der Waals surface area contributed by atoms with Crippen molar-refractivity contribution < 1.29 is 18.1 Å². The Morgan fingerprint density at radius 2 is 2.09 bits per heavy atom. The van der Waals surface area contributed by atoms with E-state index in [1.54, 1.807) is 0 Å². The third-order valence-corrected chi connectivity index (χ3v) is 5.09. The Labute approximate surface area is 128 Å². The van der Waals surface area contributed by atoms with E-state index in [0.29, 0.717) is 32.8 Å². The van der Waals surface area contributed by atoms with Crippen molar-refractivity contribution in [3.63, 3.8) is 0 Å². The van der Waals surface area contributed by atoms with Gasteiger partial charge in [0.2, 0.25) is 10.0 Å². The van der Waals surface area contributed by atoms with Crippen LogP contribution in [0.3, 0.4) is 0 Å². The summed E-state index contributed by atoms with van der Waals surface area (Å²) < 4.78 is 28.7. The number of morpholine rings is 1. The number of nitro groups is 1. The van der Waals surface area contributed by atoms with Gasteiger partial charge in [-0.15, -0.1) is 0 Å². The normalized spacial score (nSPS) is 30.1. The third kappa shape index (κ3) is 3.52. The van der Waals surface area contributed by atoms with Gasteiger partial charge in [0.15, 0.2) is 0 Å². The molecule has 2 unspecified atom stereocenters. The topological polar surface area (TPSA) is 142 Å². The lowest BCUT2D eigenvalue weighted by Crippen LogP contribution is -2.56. The van der Waals surface area contributed by atoms with Crippen LogP contribution in [0.4, 0.5) is 0 Å². The summed E-state index contributed by atoms with van der Waals surface area (Å²) in [6, 6.07) is 0. The molecule has 0 aromatic carbocycles. The zero-order chi connectivity index (χ0) is 16.4. The molecule has 0 saturated carbocycles. The van der Waals surface area contributed by atoms with Crippen molar-refractivity contribution in [2.75, 3.05) is 32.8 Å². The number of sulfonamides is 1. The fourth-order valence-electron chi connectivity index (χ4n) is 2.75. The summed E-state index contributed by atoms with van der Waals surface area (Å²) in [7, 11) is -4.05. The predicted octanol–water partition coefficient (Wildman–Crippen LogP) is -1.00. The molecule has 2 aliphatic rings. The fourth-order valence-corrected chi connectivity index (χ4v) is 3.72. The summed E-state index contributed by atoms with van der Waals surface area (Å²) in [6.45, 7) is 3.07. The molecular formula is C12H20N4O5S. The highest BCUT2D eigenvalue weighted by atomic mass is 32.2. The number of hydrogen-bond donors (Lipinski definition) is 2. The molecule has 124 valence electrons. The van der Waals surface area contributed by atoms with E-state index in [0.717, 1.165) is 0 Å². The molecule has 0 radical (unpaired) electrons. The third-order valence-electron chi connectivity index (χ3n) is 4.01. The van der Waals surface area contributed by atoms with Crippen molar-refractivity contribution in [1.82, 2.24) is 4.90 Å². The van der Waals surface area contributed by atoms with Crippen molar-refractivity contribution in [3.8, 4) is 0 Å². The summed E-state index contributed by atoms with van der Waals surface area (Å²) >= 11 is 0. The number of primary sulfonamides is 1. The second-order valence-electron chi connectivity index (χ2n) is 5.41. The van der Waals surface area contributed by atoms with Crippen LogP contribution in [0.2, 0.25) is 0 Å². The molecule has 0 aromatic heterocycles. The highest BCUT2D eigenvalue weighted by Crippen LogP contribution is 2.34. The average Bonchev–Trinajstić information content (AvgIpc) is 2.45. The Bertz CT molecular complexity index is 597. The van der Waals surface area contributed by atoms with Gasteiger partial charge in [-0.05, 0) is 19.0 Å². The molecule has 1 fully saturated rings. The van der Waals surface area contributed by atoms with E-state index in [9.17, 15) is 18.5 Å². The van der Waals surface area contributed by atoms with Crippen molar-refractivity contribution in [2.45, 2.75) is 12.1 Å². The summed E-state index contributed by atoms with van der Waals surface area (Å²) in [4.78, 5) is 12.5. The largest absolute Gasteiger partial charge is 0.379 e. The standard InChI is InChI=1S/C12H20N4O5S/c13-12(16(17)18)4-1-2-11(22(14,19)20)10(12)3-5-15-6-8-21-9-7-15/h1-2,4,10H,3,5-9,13H2,(H2,14,19,20). The van der Waals surface area contributed by atoms with E-state index in [1.807, 2.05) is 0 Å². The molecule has 4 N–H and O–H groups in total. The van der Waals surface area contributed by atoms with E-state index in [2.05, 4.69) is 4.90 Å². The number of ether oxygens (including phenoxy) is 1. The van der Waals surface area contributed by atoms with E-state index in [4.69, 9.17) is 15.6 Å². The number of nitrogens with two attached hydrogens (primary N) is 2. The molecule has 0 spiro atoms. The van der Waals surface area contributed by atoms with Gasteiger partial charge in [-0.1, -0.05) is 6.08 Å². The van der Waals surface area contributed by atoms with Crippen LogP contribution in [0.1, 0.15) is 6.42 Å². The van der Waals surface area contributed by atoms with Gasteiger partial charge in [-0.3, -0.25) is 20.7 Å². The molecule has 1 heterocycles. The Balaban J connectivity index is 2.21. The summed E-state index contributed by atoms with van der Waals surface area (Å²) in [5.74, 6) is -0.995. The first kappa shape index (κ1) is 17.0. The second kappa shape index (κ2) is 6.42. The second-order valence-corrected chi connectivity index (χ2v) is 6.97. The van der Waals surface area contributed by atoms with E-state index in [-0.39, 0.29) is 11.3 Å². The highest BCUT2D eigenvalue weighted by Gasteiger charge is 2.50. The van der Waals surface area contributed by atoms with Crippen LogP contribution in [-0.4, -0.2) is 56.8 Å². The quantitative estimate of drug-likeness (QED) is 0.373. The van der Waals surface area contributed by atoms with Crippen LogP contribution >= 0.6 is 0 Å². The first-order chi connectivity index (χ1) is 10.2. The maximum Gasteiger partial charge on any atom is 0.299 e. The molecule has 1 aliphatic carbocycles. The number of rotatable bonds is 5. The lowest BCUT2D eigenvalue weighted by Gasteiger charge is -2.33. The average molecular weight is 332 g/mol.